The molecule has 1 heterocycles. The van der Waals surface area contributed by atoms with Crippen LogP contribution in [0.25, 0.3) is 0 Å². The van der Waals surface area contributed by atoms with Crippen molar-refractivity contribution >= 4 is 17.5 Å². The molecule has 1 aliphatic carbocycles. The molecule has 28 heavy (non-hydrogen) atoms. The van der Waals surface area contributed by atoms with E-state index in [1.165, 1.54) is 5.56 Å². The standard InChI is InChI=1S/C21H20N4O3/c26-20(21(27)24-16-10-9-14-13-22-25-19(14)12-16)23-15-5-4-8-18(11-15)28-17-6-2-1-3-7-17/h1-8,11,13,16H,9-10,12H2,(H,22,25)(H,23,26)(H,24,27)/t16-/m0/s1. The molecule has 4 rings (SSSR count). The number of hydrogen-bond acceptors (Lipinski definition) is 4. The first kappa shape index (κ1) is 17.8. The summed E-state index contributed by atoms with van der Waals surface area (Å²) < 4.78 is 5.75. The average Bonchev–Trinajstić information content (AvgIpc) is 3.17. The molecule has 7 heteroatoms. The van der Waals surface area contributed by atoms with Crippen LogP contribution in [0.5, 0.6) is 11.5 Å². The summed E-state index contributed by atoms with van der Waals surface area (Å²) in [4.78, 5) is 24.5. The highest BCUT2D eigenvalue weighted by Gasteiger charge is 2.24. The van der Waals surface area contributed by atoms with Crippen molar-refractivity contribution in [1.82, 2.24) is 15.5 Å². The summed E-state index contributed by atoms with van der Waals surface area (Å²) in [6.45, 7) is 0. The van der Waals surface area contributed by atoms with E-state index in [0.717, 1.165) is 18.5 Å². The molecule has 1 aromatic heterocycles. The first-order chi connectivity index (χ1) is 13.7. The minimum Gasteiger partial charge on any atom is -0.457 e. The molecule has 7 nitrogen and oxygen atoms in total. The van der Waals surface area contributed by atoms with Crippen molar-refractivity contribution in [2.75, 3.05) is 5.32 Å². The summed E-state index contributed by atoms with van der Waals surface area (Å²) in [6, 6.07) is 16.2. The Morgan fingerprint density at radius 2 is 1.86 bits per heavy atom. The van der Waals surface area contributed by atoms with Crippen molar-refractivity contribution < 1.29 is 14.3 Å². The second kappa shape index (κ2) is 7.96. The number of carbonyl (C=O) groups excluding carboxylic acids is 2. The molecule has 142 valence electrons. The van der Waals surface area contributed by atoms with Gasteiger partial charge < -0.3 is 15.4 Å². The number of anilines is 1. The molecule has 2 aromatic carbocycles. The van der Waals surface area contributed by atoms with E-state index in [4.69, 9.17) is 4.74 Å². The van der Waals surface area contributed by atoms with Crippen molar-refractivity contribution in [2.24, 2.45) is 0 Å². The van der Waals surface area contributed by atoms with Gasteiger partial charge in [0.2, 0.25) is 0 Å². The summed E-state index contributed by atoms with van der Waals surface area (Å²) in [5, 5.41) is 12.4. The number of aromatic amines is 1. The Hall–Kier alpha value is -3.61. The summed E-state index contributed by atoms with van der Waals surface area (Å²) in [7, 11) is 0. The third kappa shape index (κ3) is 4.20. The summed E-state index contributed by atoms with van der Waals surface area (Å²) in [6.07, 6.45) is 4.07. The number of H-pyrrole nitrogens is 1. The largest absolute Gasteiger partial charge is 0.457 e. The van der Waals surface area contributed by atoms with E-state index in [2.05, 4.69) is 20.8 Å². The van der Waals surface area contributed by atoms with E-state index in [0.29, 0.717) is 23.6 Å². The highest BCUT2D eigenvalue weighted by atomic mass is 16.5. The van der Waals surface area contributed by atoms with E-state index in [9.17, 15) is 9.59 Å². The van der Waals surface area contributed by atoms with Crippen LogP contribution in [0.4, 0.5) is 5.69 Å². The Bertz CT molecular complexity index is 984. The predicted octanol–water partition coefficient (Wildman–Crippen LogP) is 2.81. The topological polar surface area (TPSA) is 96.1 Å². The lowest BCUT2D eigenvalue weighted by atomic mass is 9.94. The summed E-state index contributed by atoms with van der Waals surface area (Å²) in [5.41, 5.74) is 2.68. The van der Waals surface area contributed by atoms with Crippen LogP contribution in [0.1, 0.15) is 17.7 Å². The van der Waals surface area contributed by atoms with Crippen molar-refractivity contribution in [2.45, 2.75) is 25.3 Å². The number of benzene rings is 2. The SMILES string of the molecule is O=C(Nc1cccc(Oc2ccccc2)c1)C(=O)N[C@H]1CCc2cn[nH]c2C1. The minimum absolute atomic E-state index is 0.0843. The van der Waals surface area contributed by atoms with Gasteiger partial charge in [-0.05, 0) is 42.7 Å². The van der Waals surface area contributed by atoms with Gasteiger partial charge in [-0.3, -0.25) is 14.7 Å². The van der Waals surface area contributed by atoms with Crippen LogP contribution in [-0.2, 0) is 22.4 Å². The van der Waals surface area contributed by atoms with Gasteiger partial charge in [0.1, 0.15) is 11.5 Å². The fraction of sp³-hybridized carbons (Fsp3) is 0.190. The van der Waals surface area contributed by atoms with Crippen molar-refractivity contribution in [3.63, 3.8) is 0 Å². The van der Waals surface area contributed by atoms with Crippen LogP contribution < -0.4 is 15.4 Å². The van der Waals surface area contributed by atoms with Crippen molar-refractivity contribution in [3.8, 4) is 11.5 Å². The molecule has 0 saturated heterocycles. The highest BCUT2D eigenvalue weighted by molar-refractivity contribution is 6.39. The molecule has 0 aliphatic heterocycles. The molecule has 0 bridgehead atoms. The summed E-state index contributed by atoms with van der Waals surface area (Å²) >= 11 is 0. The number of nitrogens with zero attached hydrogens (tertiary/aromatic N) is 1. The van der Waals surface area contributed by atoms with Gasteiger partial charge in [-0.25, -0.2) is 0 Å². The van der Waals surface area contributed by atoms with Crippen LogP contribution in [0.2, 0.25) is 0 Å². The third-order valence-corrected chi connectivity index (χ3v) is 4.63. The number of para-hydroxylation sites is 1. The van der Waals surface area contributed by atoms with Gasteiger partial charge in [-0.15, -0.1) is 0 Å². The maximum absolute atomic E-state index is 12.3. The Kier molecular flexibility index (Phi) is 5.05. The average molecular weight is 376 g/mol. The van der Waals surface area contributed by atoms with E-state index in [1.54, 1.807) is 24.3 Å². The predicted molar refractivity (Wildman–Crippen MR) is 104 cm³/mol. The van der Waals surface area contributed by atoms with Gasteiger partial charge in [-0.2, -0.15) is 5.10 Å². The van der Waals surface area contributed by atoms with Gasteiger partial charge in [0.25, 0.3) is 0 Å². The Morgan fingerprint density at radius 1 is 1.04 bits per heavy atom. The number of aromatic nitrogens is 2. The number of aryl methyl sites for hydroxylation is 1. The van der Waals surface area contributed by atoms with E-state index in [-0.39, 0.29) is 6.04 Å². The molecule has 1 aliphatic rings. The molecule has 0 spiro atoms. The maximum Gasteiger partial charge on any atom is 0.313 e. The zero-order valence-corrected chi connectivity index (χ0v) is 15.1. The summed E-state index contributed by atoms with van der Waals surface area (Å²) in [5.74, 6) is -0.0859. The Labute approximate surface area is 162 Å². The number of ether oxygens (including phenoxy) is 1. The van der Waals surface area contributed by atoms with Gasteiger partial charge in [0.15, 0.2) is 0 Å². The molecule has 3 aromatic rings. The number of amides is 2. The lowest BCUT2D eigenvalue weighted by Gasteiger charge is -2.22. The van der Waals surface area contributed by atoms with E-state index in [1.807, 2.05) is 36.5 Å². The Morgan fingerprint density at radius 3 is 2.71 bits per heavy atom. The molecule has 0 unspecified atom stereocenters. The number of fused-ring (bicyclic) bond motifs is 1. The fourth-order valence-electron chi connectivity index (χ4n) is 3.23. The molecular weight excluding hydrogens is 356 g/mol. The lowest BCUT2D eigenvalue weighted by Crippen LogP contribution is -2.44. The lowest BCUT2D eigenvalue weighted by molar-refractivity contribution is -0.136. The van der Waals surface area contributed by atoms with Crippen LogP contribution in [0.3, 0.4) is 0 Å². The first-order valence-electron chi connectivity index (χ1n) is 9.13. The van der Waals surface area contributed by atoms with Crippen LogP contribution in [-0.4, -0.2) is 28.1 Å². The molecule has 2 amide bonds. The van der Waals surface area contributed by atoms with Crippen molar-refractivity contribution in [1.29, 1.82) is 0 Å². The quantitative estimate of drug-likeness (QED) is 0.610. The van der Waals surface area contributed by atoms with Gasteiger partial charge in [0.05, 0.1) is 6.20 Å². The van der Waals surface area contributed by atoms with Crippen LogP contribution in [0.15, 0.2) is 60.8 Å². The minimum atomic E-state index is -0.702. The van der Waals surface area contributed by atoms with E-state index >= 15 is 0 Å². The number of hydrogen-bond donors (Lipinski definition) is 3. The third-order valence-electron chi connectivity index (χ3n) is 4.63. The van der Waals surface area contributed by atoms with E-state index < -0.39 is 11.8 Å². The fourth-order valence-corrected chi connectivity index (χ4v) is 3.23. The zero-order valence-electron chi connectivity index (χ0n) is 15.1. The zero-order chi connectivity index (χ0) is 19.3. The van der Waals surface area contributed by atoms with Gasteiger partial charge in [0, 0.05) is 29.9 Å². The highest BCUT2D eigenvalue weighted by Crippen LogP contribution is 2.24. The maximum atomic E-state index is 12.3. The van der Waals surface area contributed by atoms with Crippen LogP contribution >= 0.6 is 0 Å². The Balaban J connectivity index is 1.34. The van der Waals surface area contributed by atoms with Crippen molar-refractivity contribution in [3.05, 3.63) is 72.1 Å². The second-order valence-corrected chi connectivity index (χ2v) is 6.68. The molecule has 3 N–H and O–H groups in total. The monoisotopic (exact) mass is 376 g/mol. The molecule has 0 fully saturated rings. The van der Waals surface area contributed by atoms with Crippen LogP contribution in [0, 0.1) is 0 Å². The van der Waals surface area contributed by atoms with Gasteiger partial charge in [-0.1, -0.05) is 24.3 Å². The smallest absolute Gasteiger partial charge is 0.313 e. The normalized spacial score (nSPS) is 15.4. The van der Waals surface area contributed by atoms with Gasteiger partial charge >= 0.3 is 11.8 Å². The molecular formula is C21H20N4O3. The molecule has 1 atom stereocenters. The number of carbonyl (C=O) groups is 2. The second-order valence-electron chi connectivity index (χ2n) is 6.68. The molecule has 0 radical (unpaired) electrons. The molecule has 0 saturated carbocycles. The number of rotatable bonds is 4. The number of nitrogens with one attached hydrogen (secondary N) is 3. The first-order valence-corrected chi connectivity index (χ1v) is 9.13.